The van der Waals surface area contributed by atoms with Crippen molar-refractivity contribution in [1.29, 1.82) is 0 Å². The molecule has 0 saturated carbocycles. The second-order valence-electron chi connectivity index (χ2n) is 4.47. The van der Waals surface area contributed by atoms with Crippen molar-refractivity contribution in [2.24, 2.45) is 0 Å². The number of nitrogens with one attached hydrogen (secondary N) is 1. The fraction of sp³-hybridized carbons (Fsp3) is 0.375. The van der Waals surface area contributed by atoms with E-state index in [2.05, 4.69) is 5.32 Å². The van der Waals surface area contributed by atoms with E-state index in [1.165, 1.54) is 20.1 Å². The Hall–Kier alpha value is -2.54. The molecule has 23 heavy (non-hydrogen) atoms. The van der Waals surface area contributed by atoms with Gasteiger partial charge in [-0.3, -0.25) is 4.79 Å². The molecule has 0 aliphatic carbocycles. The van der Waals surface area contributed by atoms with Gasteiger partial charge in [-0.1, -0.05) is 12.1 Å². The fourth-order valence-electron chi connectivity index (χ4n) is 1.81. The summed E-state index contributed by atoms with van der Waals surface area (Å²) in [5.74, 6) is -0.870. The standard InChI is InChI=1S/C16H21NO6/c1-4-22-8-9-23-15-12(6-5-7-14(15)21-3)10-13(16(19)20)17-11(2)18/h5-7,10H,4,8-9H2,1-3H3,(H,17,18)(H,19,20)/b13-10-. The number of aliphatic carboxylic acids is 1. The average Bonchev–Trinajstić information content (AvgIpc) is 2.51. The Kier molecular flexibility index (Phi) is 7.62. The van der Waals surface area contributed by atoms with E-state index in [9.17, 15) is 14.7 Å². The average molecular weight is 323 g/mol. The molecule has 0 atom stereocenters. The first kappa shape index (κ1) is 18.5. The molecule has 126 valence electrons. The lowest BCUT2D eigenvalue weighted by Gasteiger charge is -2.14. The number of hydrogen-bond acceptors (Lipinski definition) is 5. The Morgan fingerprint density at radius 2 is 2.04 bits per heavy atom. The molecule has 1 aromatic carbocycles. The van der Waals surface area contributed by atoms with Crippen LogP contribution in [0.4, 0.5) is 0 Å². The van der Waals surface area contributed by atoms with Crippen LogP contribution in [-0.2, 0) is 14.3 Å². The Morgan fingerprint density at radius 1 is 1.30 bits per heavy atom. The quantitative estimate of drug-likeness (QED) is 0.530. The fourth-order valence-corrected chi connectivity index (χ4v) is 1.81. The van der Waals surface area contributed by atoms with Crippen molar-refractivity contribution in [2.45, 2.75) is 13.8 Å². The number of amides is 1. The molecule has 1 amide bonds. The number of benzene rings is 1. The first-order valence-corrected chi connectivity index (χ1v) is 7.09. The van der Waals surface area contributed by atoms with Crippen molar-refractivity contribution in [3.05, 3.63) is 29.5 Å². The van der Waals surface area contributed by atoms with Gasteiger partial charge in [-0.15, -0.1) is 0 Å². The molecule has 0 aromatic heterocycles. The molecule has 0 aliphatic heterocycles. The predicted molar refractivity (Wildman–Crippen MR) is 84.4 cm³/mol. The second kappa shape index (κ2) is 9.47. The summed E-state index contributed by atoms with van der Waals surface area (Å²) in [5.41, 5.74) is 0.229. The third kappa shape index (κ3) is 5.99. The Labute approximate surface area is 134 Å². The van der Waals surface area contributed by atoms with Crippen LogP contribution in [0.5, 0.6) is 11.5 Å². The van der Waals surface area contributed by atoms with Crippen LogP contribution in [0, 0.1) is 0 Å². The SMILES string of the molecule is CCOCCOc1c(/C=C(\NC(C)=O)C(=O)O)cccc1OC. The monoisotopic (exact) mass is 323 g/mol. The van der Waals surface area contributed by atoms with Gasteiger partial charge in [0, 0.05) is 19.1 Å². The molecule has 0 fully saturated rings. The summed E-state index contributed by atoms with van der Waals surface area (Å²) in [7, 11) is 1.49. The van der Waals surface area contributed by atoms with Gasteiger partial charge in [-0.2, -0.15) is 0 Å². The van der Waals surface area contributed by atoms with Crippen LogP contribution in [0.15, 0.2) is 23.9 Å². The number of carboxylic acid groups (broad SMARTS) is 1. The Morgan fingerprint density at radius 3 is 2.61 bits per heavy atom. The van der Waals surface area contributed by atoms with Crippen molar-refractivity contribution in [1.82, 2.24) is 5.32 Å². The summed E-state index contributed by atoms with van der Waals surface area (Å²) in [5, 5.41) is 11.4. The van der Waals surface area contributed by atoms with Crippen LogP contribution in [0.3, 0.4) is 0 Å². The van der Waals surface area contributed by atoms with Gasteiger partial charge in [-0.05, 0) is 19.1 Å². The van der Waals surface area contributed by atoms with Crippen LogP contribution < -0.4 is 14.8 Å². The number of carbonyl (C=O) groups excluding carboxylic acids is 1. The zero-order valence-electron chi connectivity index (χ0n) is 13.4. The van der Waals surface area contributed by atoms with E-state index in [4.69, 9.17) is 14.2 Å². The first-order valence-electron chi connectivity index (χ1n) is 7.09. The molecule has 0 saturated heterocycles. The van der Waals surface area contributed by atoms with Crippen LogP contribution in [0.2, 0.25) is 0 Å². The Bertz CT molecular complexity index is 582. The molecular weight excluding hydrogens is 302 g/mol. The summed E-state index contributed by atoms with van der Waals surface area (Å²) in [4.78, 5) is 22.3. The lowest BCUT2D eigenvalue weighted by atomic mass is 10.1. The van der Waals surface area contributed by atoms with Crippen LogP contribution in [-0.4, -0.2) is 43.9 Å². The highest BCUT2D eigenvalue weighted by molar-refractivity contribution is 5.96. The van der Waals surface area contributed by atoms with Gasteiger partial charge < -0.3 is 24.6 Å². The van der Waals surface area contributed by atoms with Crippen LogP contribution in [0.1, 0.15) is 19.4 Å². The number of methoxy groups -OCH3 is 1. The van der Waals surface area contributed by atoms with E-state index in [-0.39, 0.29) is 12.3 Å². The van der Waals surface area contributed by atoms with E-state index in [1.54, 1.807) is 18.2 Å². The smallest absolute Gasteiger partial charge is 0.352 e. The molecule has 0 unspecified atom stereocenters. The highest BCUT2D eigenvalue weighted by Crippen LogP contribution is 2.32. The van der Waals surface area contributed by atoms with Crippen molar-refractivity contribution in [3.8, 4) is 11.5 Å². The van der Waals surface area contributed by atoms with Crippen molar-refractivity contribution in [2.75, 3.05) is 26.9 Å². The van der Waals surface area contributed by atoms with E-state index in [1.807, 2.05) is 6.92 Å². The topological polar surface area (TPSA) is 94.1 Å². The molecule has 1 rings (SSSR count). The second-order valence-corrected chi connectivity index (χ2v) is 4.47. The summed E-state index contributed by atoms with van der Waals surface area (Å²) in [6.45, 7) is 4.38. The van der Waals surface area contributed by atoms with Gasteiger partial charge in [0.2, 0.25) is 5.91 Å². The third-order valence-corrected chi connectivity index (χ3v) is 2.75. The number of para-hydroxylation sites is 1. The zero-order valence-corrected chi connectivity index (χ0v) is 13.4. The van der Waals surface area contributed by atoms with Gasteiger partial charge in [0.25, 0.3) is 0 Å². The minimum absolute atomic E-state index is 0.250. The third-order valence-electron chi connectivity index (χ3n) is 2.75. The maximum Gasteiger partial charge on any atom is 0.352 e. The number of hydrogen-bond donors (Lipinski definition) is 2. The molecule has 0 spiro atoms. The van der Waals surface area contributed by atoms with Crippen molar-refractivity contribution < 1.29 is 28.9 Å². The molecule has 7 heteroatoms. The van der Waals surface area contributed by atoms with Gasteiger partial charge in [0.05, 0.1) is 13.7 Å². The van der Waals surface area contributed by atoms with Crippen LogP contribution in [0.25, 0.3) is 6.08 Å². The molecule has 0 aliphatic rings. The summed E-state index contributed by atoms with van der Waals surface area (Å²) >= 11 is 0. The minimum Gasteiger partial charge on any atom is -0.493 e. The minimum atomic E-state index is -1.25. The van der Waals surface area contributed by atoms with E-state index < -0.39 is 11.9 Å². The zero-order chi connectivity index (χ0) is 17.2. The van der Waals surface area contributed by atoms with Gasteiger partial charge in [0.1, 0.15) is 12.3 Å². The first-order chi connectivity index (χ1) is 11.0. The van der Waals surface area contributed by atoms with Crippen LogP contribution >= 0.6 is 0 Å². The number of rotatable bonds is 9. The van der Waals surface area contributed by atoms with E-state index >= 15 is 0 Å². The molecular formula is C16H21NO6. The molecule has 1 aromatic rings. The largest absolute Gasteiger partial charge is 0.493 e. The maximum absolute atomic E-state index is 11.2. The molecule has 0 heterocycles. The number of carboxylic acids is 1. The predicted octanol–water partition coefficient (Wildman–Crippen LogP) is 1.67. The maximum atomic E-state index is 11.2. The molecule has 0 radical (unpaired) electrons. The summed E-state index contributed by atoms with van der Waals surface area (Å²) in [6, 6.07) is 5.07. The van der Waals surface area contributed by atoms with Gasteiger partial charge >= 0.3 is 5.97 Å². The van der Waals surface area contributed by atoms with E-state index in [0.717, 1.165) is 0 Å². The molecule has 7 nitrogen and oxygen atoms in total. The highest BCUT2D eigenvalue weighted by Gasteiger charge is 2.14. The summed E-state index contributed by atoms with van der Waals surface area (Å²) < 4.78 is 16.1. The molecule has 2 N–H and O–H groups in total. The molecule has 0 bridgehead atoms. The number of carbonyl (C=O) groups is 2. The lowest BCUT2D eigenvalue weighted by molar-refractivity contribution is -0.134. The Balaban J connectivity index is 3.12. The van der Waals surface area contributed by atoms with E-state index in [0.29, 0.717) is 30.3 Å². The normalized spacial score (nSPS) is 11.0. The summed E-state index contributed by atoms with van der Waals surface area (Å²) in [6.07, 6.45) is 1.32. The lowest BCUT2D eigenvalue weighted by Crippen LogP contribution is -2.24. The number of ether oxygens (including phenoxy) is 3. The van der Waals surface area contributed by atoms with Gasteiger partial charge in [0.15, 0.2) is 11.5 Å². The van der Waals surface area contributed by atoms with Crippen molar-refractivity contribution in [3.63, 3.8) is 0 Å². The van der Waals surface area contributed by atoms with Crippen molar-refractivity contribution >= 4 is 18.0 Å². The van der Waals surface area contributed by atoms with Gasteiger partial charge in [-0.25, -0.2) is 4.79 Å². The highest BCUT2D eigenvalue weighted by atomic mass is 16.5.